The Balaban J connectivity index is 1.71. The van der Waals surface area contributed by atoms with Crippen LogP contribution in [0.4, 0.5) is 8.78 Å². The Morgan fingerprint density at radius 1 is 1.43 bits per heavy atom. The fourth-order valence-electron chi connectivity index (χ4n) is 2.73. The highest BCUT2D eigenvalue weighted by atomic mass is 19.2. The van der Waals surface area contributed by atoms with Crippen LogP contribution in [-0.4, -0.2) is 28.2 Å². The van der Waals surface area contributed by atoms with Gasteiger partial charge in [0.05, 0.1) is 5.92 Å². The topological polar surface area (TPSA) is 62.1 Å². The van der Waals surface area contributed by atoms with Crippen molar-refractivity contribution in [3.8, 4) is 0 Å². The number of likely N-dealkylation sites (tertiary alicyclic amines) is 1. The van der Waals surface area contributed by atoms with Gasteiger partial charge >= 0.3 is 5.76 Å². The highest BCUT2D eigenvalue weighted by Crippen LogP contribution is 2.26. The summed E-state index contributed by atoms with van der Waals surface area (Å²) in [5.41, 5.74) is 0.333. The van der Waals surface area contributed by atoms with E-state index in [-0.39, 0.29) is 5.92 Å². The Kier molecular flexibility index (Phi) is 3.83. The summed E-state index contributed by atoms with van der Waals surface area (Å²) in [6, 6.07) is 4.19. The zero-order chi connectivity index (χ0) is 14.8. The highest BCUT2D eigenvalue weighted by Gasteiger charge is 2.26. The molecule has 1 aliphatic heterocycles. The molecule has 7 heteroatoms. The van der Waals surface area contributed by atoms with Crippen LogP contribution in [-0.2, 0) is 6.54 Å². The van der Waals surface area contributed by atoms with E-state index in [4.69, 9.17) is 4.42 Å². The van der Waals surface area contributed by atoms with Gasteiger partial charge in [0.2, 0.25) is 5.89 Å². The van der Waals surface area contributed by atoms with Crippen molar-refractivity contribution < 1.29 is 13.2 Å². The lowest BCUT2D eigenvalue weighted by Gasteiger charge is -2.31. The van der Waals surface area contributed by atoms with Gasteiger partial charge in [0.15, 0.2) is 11.6 Å². The van der Waals surface area contributed by atoms with Gasteiger partial charge in [-0.2, -0.15) is 0 Å². The van der Waals surface area contributed by atoms with Gasteiger partial charge < -0.3 is 4.42 Å². The molecule has 1 aromatic heterocycles. The predicted molar refractivity (Wildman–Crippen MR) is 70.7 cm³/mol. The molecule has 5 nitrogen and oxygen atoms in total. The molecule has 1 aliphatic rings. The van der Waals surface area contributed by atoms with E-state index in [9.17, 15) is 13.6 Å². The molecular weight excluding hydrogens is 280 g/mol. The van der Waals surface area contributed by atoms with Crippen LogP contribution >= 0.6 is 0 Å². The number of hydrogen-bond acceptors (Lipinski definition) is 4. The second-order valence-electron chi connectivity index (χ2n) is 5.24. The molecule has 0 amide bonds. The number of hydrogen-bond donors (Lipinski definition) is 1. The Morgan fingerprint density at radius 3 is 3.05 bits per heavy atom. The number of benzene rings is 1. The fourth-order valence-corrected chi connectivity index (χ4v) is 2.73. The van der Waals surface area contributed by atoms with E-state index in [1.807, 2.05) is 4.90 Å². The first-order valence-corrected chi connectivity index (χ1v) is 6.84. The zero-order valence-electron chi connectivity index (χ0n) is 11.3. The SMILES string of the molecule is O=c1[nH]nc([C@@H]2CCCN(Cc3cccc(F)c3F)C2)o1. The minimum Gasteiger partial charge on any atom is -0.392 e. The molecule has 0 saturated carbocycles. The van der Waals surface area contributed by atoms with E-state index < -0.39 is 17.4 Å². The average Bonchev–Trinajstić information content (AvgIpc) is 2.91. The Labute approximate surface area is 119 Å². The van der Waals surface area contributed by atoms with Crippen molar-refractivity contribution in [2.75, 3.05) is 13.1 Å². The molecule has 112 valence electrons. The van der Waals surface area contributed by atoms with E-state index in [0.717, 1.165) is 25.5 Å². The van der Waals surface area contributed by atoms with Crippen LogP contribution in [0.15, 0.2) is 27.4 Å². The van der Waals surface area contributed by atoms with E-state index in [1.54, 1.807) is 6.07 Å². The van der Waals surface area contributed by atoms with Crippen LogP contribution in [0.2, 0.25) is 0 Å². The lowest BCUT2D eigenvalue weighted by Crippen LogP contribution is -2.34. The van der Waals surface area contributed by atoms with Crippen molar-refractivity contribution in [1.82, 2.24) is 15.1 Å². The van der Waals surface area contributed by atoms with Crippen LogP contribution in [0.1, 0.15) is 30.2 Å². The van der Waals surface area contributed by atoms with E-state index in [0.29, 0.717) is 24.5 Å². The largest absolute Gasteiger partial charge is 0.434 e. The van der Waals surface area contributed by atoms with Gasteiger partial charge in [-0.3, -0.25) is 4.90 Å². The molecule has 1 fully saturated rings. The molecule has 0 unspecified atom stereocenters. The molecule has 1 atom stereocenters. The van der Waals surface area contributed by atoms with Gasteiger partial charge in [-0.05, 0) is 25.5 Å². The summed E-state index contributed by atoms with van der Waals surface area (Å²) >= 11 is 0. The molecule has 1 aromatic carbocycles. The fraction of sp³-hybridized carbons (Fsp3) is 0.429. The summed E-state index contributed by atoms with van der Waals surface area (Å²) in [5.74, 6) is -1.83. The van der Waals surface area contributed by atoms with Crippen LogP contribution in [0.5, 0.6) is 0 Å². The van der Waals surface area contributed by atoms with Crippen molar-refractivity contribution in [3.63, 3.8) is 0 Å². The number of rotatable bonds is 3. The number of H-pyrrole nitrogens is 1. The highest BCUT2D eigenvalue weighted by molar-refractivity contribution is 5.19. The van der Waals surface area contributed by atoms with Crippen LogP contribution in [0.25, 0.3) is 0 Å². The number of aromatic nitrogens is 2. The van der Waals surface area contributed by atoms with Gasteiger partial charge in [0.25, 0.3) is 0 Å². The van der Waals surface area contributed by atoms with Crippen LogP contribution in [0.3, 0.4) is 0 Å². The van der Waals surface area contributed by atoms with Crippen molar-refractivity contribution in [1.29, 1.82) is 0 Å². The summed E-state index contributed by atoms with van der Waals surface area (Å²) in [6.45, 7) is 1.72. The normalized spacial score (nSPS) is 19.8. The minimum atomic E-state index is -0.834. The molecule has 0 aliphatic carbocycles. The van der Waals surface area contributed by atoms with Crippen molar-refractivity contribution in [2.45, 2.75) is 25.3 Å². The minimum absolute atomic E-state index is 0.00526. The summed E-state index contributed by atoms with van der Waals surface area (Å²) in [5, 5.41) is 6.09. The molecule has 0 spiro atoms. The molecule has 21 heavy (non-hydrogen) atoms. The van der Waals surface area contributed by atoms with Gasteiger partial charge in [0, 0.05) is 18.7 Å². The summed E-state index contributed by atoms with van der Waals surface area (Å²) in [4.78, 5) is 13.0. The quantitative estimate of drug-likeness (QED) is 0.941. The first-order valence-electron chi connectivity index (χ1n) is 6.84. The number of aromatic amines is 1. The van der Waals surface area contributed by atoms with Gasteiger partial charge in [-0.25, -0.2) is 18.7 Å². The van der Waals surface area contributed by atoms with E-state index >= 15 is 0 Å². The molecule has 3 rings (SSSR count). The Hall–Kier alpha value is -2.02. The number of piperidine rings is 1. The maximum atomic E-state index is 13.7. The zero-order valence-corrected chi connectivity index (χ0v) is 11.3. The molecule has 1 N–H and O–H groups in total. The number of nitrogens with one attached hydrogen (secondary N) is 1. The molecule has 2 aromatic rings. The third-order valence-electron chi connectivity index (χ3n) is 3.73. The van der Waals surface area contributed by atoms with Crippen molar-refractivity contribution >= 4 is 0 Å². The second-order valence-corrected chi connectivity index (χ2v) is 5.24. The summed E-state index contributed by atoms with van der Waals surface area (Å²) in [7, 11) is 0. The third kappa shape index (κ3) is 3.02. The van der Waals surface area contributed by atoms with E-state index in [1.165, 1.54) is 6.07 Å². The standard InChI is InChI=1S/C14H15F2N3O2/c15-11-5-1-3-9(12(11)16)7-19-6-2-4-10(8-19)13-17-18-14(20)21-13/h1,3,5,10H,2,4,6-8H2,(H,18,20)/t10-/m1/s1. The second kappa shape index (κ2) is 5.77. The Bertz CT molecular complexity index is 683. The number of nitrogens with zero attached hydrogens (tertiary/aromatic N) is 2. The maximum absolute atomic E-state index is 13.7. The number of halogens is 2. The molecule has 1 saturated heterocycles. The monoisotopic (exact) mass is 295 g/mol. The third-order valence-corrected chi connectivity index (χ3v) is 3.73. The van der Waals surface area contributed by atoms with Gasteiger partial charge in [-0.1, -0.05) is 12.1 Å². The summed E-state index contributed by atoms with van der Waals surface area (Å²) in [6.07, 6.45) is 1.74. The lowest BCUT2D eigenvalue weighted by atomic mass is 9.97. The van der Waals surface area contributed by atoms with Gasteiger partial charge in [0.1, 0.15) is 0 Å². The van der Waals surface area contributed by atoms with Crippen molar-refractivity contribution in [2.24, 2.45) is 0 Å². The lowest BCUT2D eigenvalue weighted by molar-refractivity contribution is 0.182. The van der Waals surface area contributed by atoms with Gasteiger partial charge in [-0.15, -0.1) is 5.10 Å². The van der Waals surface area contributed by atoms with Crippen LogP contribution < -0.4 is 5.76 Å². The molecule has 0 bridgehead atoms. The first kappa shape index (κ1) is 13.9. The average molecular weight is 295 g/mol. The first-order chi connectivity index (χ1) is 10.1. The molecule has 0 radical (unpaired) electrons. The Morgan fingerprint density at radius 2 is 2.29 bits per heavy atom. The predicted octanol–water partition coefficient (Wildman–Crippen LogP) is 2.02. The smallest absolute Gasteiger partial charge is 0.392 e. The molecular formula is C14H15F2N3O2. The van der Waals surface area contributed by atoms with Crippen molar-refractivity contribution in [3.05, 3.63) is 51.8 Å². The molecule has 2 heterocycles. The van der Waals surface area contributed by atoms with E-state index in [2.05, 4.69) is 10.2 Å². The van der Waals surface area contributed by atoms with Crippen LogP contribution in [0, 0.1) is 11.6 Å². The summed E-state index contributed by atoms with van der Waals surface area (Å²) < 4.78 is 31.9. The maximum Gasteiger partial charge on any atom is 0.434 e.